The van der Waals surface area contributed by atoms with E-state index >= 15 is 0 Å². The van der Waals surface area contributed by atoms with Gasteiger partial charge in [0, 0.05) is 5.56 Å². The van der Waals surface area contributed by atoms with E-state index in [2.05, 4.69) is 15.4 Å². The normalized spacial score (nSPS) is 10.4. The van der Waals surface area contributed by atoms with E-state index in [-0.39, 0.29) is 19.8 Å². The fourth-order valence-electron chi connectivity index (χ4n) is 2.51. The van der Waals surface area contributed by atoms with Gasteiger partial charge in [0.05, 0.1) is 14.2 Å². The monoisotopic (exact) mass is 398 g/mol. The van der Waals surface area contributed by atoms with E-state index in [4.69, 9.17) is 18.9 Å². The molecule has 2 aromatic carbocycles. The molecule has 29 heavy (non-hydrogen) atoms. The minimum atomic E-state index is -0.478. The minimum Gasteiger partial charge on any atom is -0.493 e. The molecule has 1 aromatic heterocycles. The van der Waals surface area contributed by atoms with Crippen molar-refractivity contribution in [2.24, 2.45) is 0 Å². The second-order valence-corrected chi connectivity index (χ2v) is 6.10. The van der Waals surface area contributed by atoms with Crippen LogP contribution >= 0.6 is 0 Å². The highest BCUT2D eigenvalue weighted by atomic mass is 16.6. The molecule has 152 valence electrons. The molecule has 9 heteroatoms. The Morgan fingerprint density at radius 1 is 1.00 bits per heavy atom. The molecule has 0 fully saturated rings. The maximum atomic E-state index is 12.0. The first-order valence-corrected chi connectivity index (χ1v) is 8.94. The molecule has 3 rings (SSSR count). The Labute approximate surface area is 168 Å². The zero-order valence-corrected chi connectivity index (χ0v) is 16.5. The molecule has 0 unspecified atom stereocenters. The number of methoxy groups -OCH3 is 2. The number of hydrogen-bond donors (Lipinski definition) is 0. The van der Waals surface area contributed by atoms with E-state index in [0.29, 0.717) is 22.9 Å². The first kappa shape index (κ1) is 20.1. The maximum Gasteiger partial charge on any atom is 0.329 e. The van der Waals surface area contributed by atoms with Gasteiger partial charge in [0.1, 0.15) is 19.0 Å². The molecule has 0 amide bonds. The first-order valence-electron chi connectivity index (χ1n) is 8.94. The number of rotatable bonds is 9. The summed E-state index contributed by atoms with van der Waals surface area (Å²) in [6.45, 7) is 2.24. The molecule has 3 aromatic rings. The molecule has 0 radical (unpaired) electrons. The van der Waals surface area contributed by atoms with Gasteiger partial charge in [-0.25, -0.2) is 4.79 Å². The molecule has 0 saturated carbocycles. The van der Waals surface area contributed by atoms with Crippen LogP contribution in [0.1, 0.15) is 5.56 Å². The molecular formula is C20H22N4O5. The van der Waals surface area contributed by atoms with E-state index in [0.717, 1.165) is 11.3 Å². The number of tetrazole rings is 1. The van der Waals surface area contributed by atoms with Crippen molar-refractivity contribution < 1.29 is 23.7 Å². The predicted octanol–water partition coefficient (Wildman–Crippen LogP) is 2.29. The Kier molecular flexibility index (Phi) is 6.62. The van der Waals surface area contributed by atoms with Gasteiger partial charge in [0.2, 0.25) is 5.82 Å². The average molecular weight is 398 g/mol. The number of esters is 1. The van der Waals surface area contributed by atoms with Crippen LogP contribution in [0.25, 0.3) is 11.4 Å². The summed E-state index contributed by atoms with van der Waals surface area (Å²) in [5, 5.41) is 12.1. The summed E-state index contributed by atoms with van der Waals surface area (Å²) >= 11 is 0. The van der Waals surface area contributed by atoms with E-state index < -0.39 is 5.97 Å². The zero-order chi connectivity index (χ0) is 20.6. The highest BCUT2D eigenvalue weighted by Crippen LogP contribution is 2.30. The van der Waals surface area contributed by atoms with E-state index in [1.807, 2.05) is 31.2 Å². The van der Waals surface area contributed by atoms with Gasteiger partial charge >= 0.3 is 5.97 Å². The predicted molar refractivity (Wildman–Crippen MR) is 104 cm³/mol. The molecule has 0 aliphatic carbocycles. The molecule has 0 saturated heterocycles. The fourth-order valence-corrected chi connectivity index (χ4v) is 2.51. The average Bonchev–Trinajstić information content (AvgIpc) is 3.20. The van der Waals surface area contributed by atoms with Crippen LogP contribution in [0.15, 0.2) is 42.5 Å². The van der Waals surface area contributed by atoms with Gasteiger partial charge in [-0.1, -0.05) is 17.7 Å². The third kappa shape index (κ3) is 5.44. The van der Waals surface area contributed by atoms with Crippen LogP contribution in [0.5, 0.6) is 17.2 Å². The van der Waals surface area contributed by atoms with Crippen LogP contribution in [0.3, 0.4) is 0 Å². The number of benzene rings is 2. The summed E-state index contributed by atoms with van der Waals surface area (Å²) in [5.74, 6) is 1.76. The number of aromatic nitrogens is 4. The van der Waals surface area contributed by atoms with Crippen molar-refractivity contribution in [3.05, 3.63) is 48.0 Å². The molecule has 0 aliphatic rings. The second-order valence-electron chi connectivity index (χ2n) is 6.10. The summed E-state index contributed by atoms with van der Waals surface area (Å²) in [6.07, 6.45) is 0. The molecule has 0 N–H and O–H groups in total. The van der Waals surface area contributed by atoms with Gasteiger partial charge in [-0.3, -0.25) is 0 Å². The number of carbonyl (C=O) groups is 1. The zero-order valence-electron chi connectivity index (χ0n) is 16.5. The van der Waals surface area contributed by atoms with Gasteiger partial charge in [-0.15, -0.1) is 10.2 Å². The van der Waals surface area contributed by atoms with Gasteiger partial charge in [-0.2, -0.15) is 4.80 Å². The van der Waals surface area contributed by atoms with Gasteiger partial charge in [-0.05, 0) is 42.5 Å². The van der Waals surface area contributed by atoms with Crippen LogP contribution in [-0.4, -0.2) is 53.6 Å². The van der Waals surface area contributed by atoms with Crippen molar-refractivity contribution in [2.75, 3.05) is 27.4 Å². The summed E-state index contributed by atoms with van der Waals surface area (Å²) in [6, 6.07) is 12.9. The summed E-state index contributed by atoms with van der Waals surface area (Å²) in [5.41, 5.74) is 1.84. The van der Waals surface area contributed by atoms with E-state index in [1.165, 1.54) is 4.80 Å². The van der Waals surface area contributed by atoms with Crippen LogP contribution in [0, 0.1) is 6.92 Å². The lowest BCUT2D eigenvalue weighted by Crippen LogP contribution is -2.18. The van der Waals surface area contributed by atoms with Crippen molar-refractivity contribution in [1.29, 1.82) is 0 Å². The summed E-state index contributed by atoms with van der Waals surface area (Å²) in [4.78, 5) is 13.1. The third-order valence-electron chi connectivity index (χ3n) is 4.00. The van der Waals surface area contributed by atoms with Crippen molar-refractivity contribution in [2.45, 2.75) is 13.5 Å². The van der Waals surface area contributed by atoms with Gasteiger partial charge in [0.25, 0.3) is 0 Å². The third-order valence-corrected chi connectivity index (χ3v) is 4.00. The maximum absolute atomic E-state index is 12.0. The number of hydrogen-bond acceptors (Lipinski definition) is 8. The molecule has 0 bridgehead atoms. The Balaban J connectivity index is 1.49. The number of nitrogens with zero attached hydrogens (tertiary/aromatic N) is 4. The fraction of sp³-hybridized carbons (Fsp3) is 0.300. The van der Waals surface area contributed by atoms with Crippen LogP contribution in [-0.2, 0) is 16.1 Å². The van der Waals surface area contributed by atoms with E-state index in [9.17, 15) is 4.79 Å². The van der Waals surface area contributed by atoms with Crippen molar-refractivity contribution >= 4 is 5.97 Å². The molecule has 0 atom stereocenters. The molecular weight excluding hydrogens is 376 g/mol. The van der Waals surface area contributed by atoms with Crippen LogP contribution < -0.4 is 14.2 Å². The minimum absolute atomic E-state index is 0.129. The lowest BCUT2D eigenvalue weighted by Gasteiger charge is -2.07. The Morgan fingerprint density at radius 2 is 1.76 bits per heavy atom. The van der Waals surface area contributed by atoms with Gasteiger partial charge in [0.15, 0.2) is 18.0 Å². The van der Waals surface area contributed by atoms with Crippen molar-refractivity contribution in [3.63, 3.8) is 0 Å². The molecule has 1 heterocycles. The highest BCUT2D eigenvalue weighted by molar-refractivity contribution is 5.69. The Hall–Kier alpha value is -3.62. The smallest absolute Gasteiger partial charge is 0.329 e. The largest absolute Gasteiger partial charge is 0.493 e. The van der Waals surface area contributed by atoms with Crippen LogP contribution in [0.4, 0.5) is 0 Å². The molecule has 9 nitrogen and oxygen atoms in total. The number of aryl methyl sites for hydroxylation is 1. The number of carbonyl (C=O) groups excluding carboxylic acids is 1. The number of ether oxygens (including phenoxy) is 4. The Morgan fingerprint density at radius 3 is 2.48 bits per heavy atom. The van der Waals surface area contributed by atoms with E-state index in [1.54, 1.807) is 32.4 Å². The SMILES string of the molecule is COc1ccc(-c2nnn(CC(=O)OCCOc3ccc(C)cc3)n2)cc1OC. The first-order chi connectivity index (χ1) is 14.1. The second kappa shape index (κ2) is 9.54. The molecule has 0 spiro atoms. The van der Waals surface area contributed by atoms with Gasteiger partial charge < -0.3 is 18.9 Å². The lowest BCUT2D eigenvalue weighted by atomic mass is 10.2. The van der Waals surface area contributed by atoms with Crippen LogP contribution in [0.2, 0.25) is 0 Å². The van der Waals surface area contributed by atoms with Crippen molar-refractivity contribution in [3.8, 4) is 28.6 Å². The highest BCUT2D eigenvalue weighted by Gasteiger charge is 2.13. The topological polar surface area (TPSA) is 97.6 Å². The standard InChI is InChI=1S/C20H22N4O5/c1-14-4-7-16(8-5-14)28-10-11-29-19(25)13-24-22-20(21-23-24)15-6-9-17(26-2)18(12-15)27-3/h4-9,12H,10-11,13H2,1-3H3. The molecule has 0 aliphatic heterocycles. The van der Waals surface area contributed by atoms with Crippen molar-refractivity contribution in [1.82, 2.24) is 20.2 Å². The Bertz CT molecular complexity index is 956. The lowest BCUT2D eigenvalue weighted by molar-refractivity contribution is -0.145. The summed E-state index contributed by atoms with van der Waals surface area (Å²) in [7, 11) is 3.11. The summed E-state index contributed by atoms with van der Waals surface area (Å²) < 4.78 is 21.1. The quantitative estimate of drug-likeness (QED) is 0.400.